The first-order valence-electron chi connectivity index (χ1n) is 7.73. The van der Waals surface area contributed by atoms with Crippen LogP contribution in [0.3, 0.4) is 0 Å². The highest BCUT2D eigenvalue weighted by atomic mass is 16.5. The molecule has 1 fully saturated rings. The molecule has 2 atom stereocenters. The van der Waals surface area contributed by atoms with E-state index in [1.165, 1.54) is 0 Å². The predicted octanol–water partition coefficient (Wildman–Crippen LogP) is 3.74. The van der Waals surface area contributed by atoms with Gasteiger partial charge in [-0.3, -0.25) is 4.79 Å². The van der Waals surface area contributed by atoms with E-state index < -0.39 is 0 Å². The third-order valence-electron chi connectivity index (χ3n) is 4.26. The normalized spacial score (nSPS) is 17.5. The van der Waals surface area contributed by atoms with Crippen LogP contribution in [0, 0.1) is 0 Å². The van der Waals surface area contributed by atoms with Gasteiger partial charge >= 0.3 is 0 Å². The summed E-state index contributed by atoms with van der Waals surface area (Å²) < 4.78 is 5.82. The number of nitrogens with zero attached hydrogens (tertiary/aromatic N) is 1. The summed E-state index contributed by atoms with van der Waals surface area (Å²) in [6, 6.07) is 20.2. The number of hydrogen-bond donors (Lipinski definition) is 0. The van der Waals surface area contributed by atoms with Crippen LogP contribution in [0.4, 0.5) is 0 Å². The Bertz CT molecular complexity index is 612. The minimum atomic E-state index is -0.161. The van der Waals surface area contributed by atoms with Gasteiger partial charge in [-0.1, -0.05) is 60.7 Å². The van der Waals surface area contributed by atoms with Gasteiger partial charge in [-0.25, -0.2) is 0 Å². The van der Waals surface area contributed by atoms with Crippen LogP contribution in [0.1, 0.15) is 36.1 Å². The Labute approximate surface area is 131 Å². The maximum Gasteiger partial charge on any atom is 0.223 e. The molecule has 1 aliphatic rings. The summed E-state index contributed by atoms with van der Waals surface area (Å²) in [6.07, 6.45) is 1.40. The summed E-state index contributed by atoms with van der Waals surface area (Å²) in [5.41, 5.74) is 2.21. The van der Waals surface area contributed by atoms with Gasteiger partial charge in [0.25, 0.3) is 0 Å². The zero-order chi connectivity index (χ0) is 15.4. The fraction of sp³-hybridized carbons (Fsp3) is 0.316. The van der Waals surface area contributed by atoms with Crippen molar-refractivity contribution in [3.05, 3.63) is 71.8 Å². The average molecular weight is 295 g/mol. The molecule has 1 heterocycles. The molecule has 0 aliphatic carbocycles. The average Bonchev–Trinajstić information content (AvgIpc) is 3.00. The molecule has 0 radical (unpaired) electrons. The maximum absolute atomic E-state index is 12.3. The number of hydrogen-bond acceptors (Lipinski definition) is 2. The fourth-order valence-electron chi connectivity index (χ4n) is 3.22. The summed E-state index contributed by atoms with van der Waals surface area (Å²) in [5, 5.41) is 0. The van der Waals surface area contributed by atoms with Gasteiger partial charge in [0.05, 0.1) is 6.04 Å². The molecule has 0 unspecified atom stereocenters. The van der Waals surface area contributed by atoms with Crippen LogP contribution in [0.25, 0.3) is 0 Å². The van der Waals surface area contributed by atoms with Crippen LogP contribution in [0.15, 0.2) is 60.7 Å². The standard InChI is InChI=1S/C19H21NO2/c1-22-19(16-11-6-3-7-12-16)18(15-9-4-2-5-10-15)20-14-8-13-17(20)21/h2-7,9-12,18-19H,8,13-14H2,1H3/t18-,19-/m1/s1. The van der Waals surface area contributed by atoms with Gasteiger partial charge in [-0.15, -0.1) is 0 Å². The monoisotopic (exact) mass is 295 g/mol. The summed E-state index contributed by atoms with van der Waals surface area (Å²) in [5.74, 6) is 0.215. The lowest BCUT2D eigenvalue weighted by Crippen LogP contribution is -2.34. The lowest BCUT2D eigenvalue weighted by Gasteiger charge is -2.34. The van der Waals surface area contributed by atoms with E-state index in [9.17, 15) is 4.79 Å². The van der Waals surface area contributed by atoms with Crippen molar-refractivity contribution in [3.63, 3.8) is 0 Å². The molecule has 2 aromatic carbocycles. The van der Waals surface area contributed by atoms with E-state index in [4.69, 9.17) is 4.74 Å². The molecule has 0 saturated carbocycles. The van der Waals surface area contributed by atoms with E-state index in [1.54, 1.807) is 7.11 Å². The molecular formula is C19H21NO2. The largest absolute Gasteiger partial charge is 0.374 e. The molecule has 0 bridgehead atoms. The van der Waals surface area contributed by atoms with Crippen molar-refractivity contribution in [1.29, 1.82) is 0 Å². The lowest BCUT2D eigenvalue weighted by molar-refractivity contribution is -0.133. The molecule has 3 nitrogen and oxygen atoms in total. The number of likely N-dealkylation sites (tertiary alicyclic amines) is 1. The van der Waals surface area contributed by atoms with Gasteiger partial charge in [-0.2, -0.15) is 0 Å². The van der Waals surface area contributed by atoms with E-state index in [2.05, 4.69) is 24.3 Å². The second-order valence-corrected chi connectivity index (χ2v) is 5.61. The van der Waals surface area contributed by atoms with Gasteiger partial charge in [0.1, 0.15) is 6.10 Å². The Balaban J connectivity index is 2.02. The Morgan fingerprint density at radius 2 is 1.55 bits per heavy atom. The first-order chi connectivity index (χ1) is 10.8. The number of rotatable bonds is 5. The molecule has 0 spiro atoms. The van der Waals surface area contributed by atoms with E-state index >= 15 is 0 Å². The summed E-state index contributed by atoms with van der Waals surface area (Å²) in [6.45, 7) is 0.797. The van der Waals surface area contributed by atoms with Crippen LogP contribution in [0.5, 0.6) is 0 Å². The Hall–Kier alpha value is -2.13. The van der Waals surface area contributed by atoms with Crippen molar-refractivity contribution < 1.29 is 9.53 Å². The number of benzene rings is 2. The molecule has 0 N–H and O–H groups in total. The lowest BCUT2D eigenvalue weighted by atomic mass is 9.94. The van der Waals surface area contributed by atoms with Crippen LogP contribution < -0.4 is 0 Å². The number of carbonyl (C=O) groups excluding carboxylic acids is 1. The molecule has 0 aromatic heterocycles. The minimum absolute atomic E-state index is 0.0800. The molecule has 1 amide bonds. The van der Waals surface area contributed by atoms with Crippen molar-refractivity contribution in [2.24, 2.45) is 0 Å². The van der Waals surface area contributed by atoms with Crippen LogP contribution in [-0.4, -0.2) is 24.5 Å². The van der Waals surface area contributed by atoms with E-state index in [0.29, 0.717) is 6.42 Å². The second-order valence-electron chi connectivity index (χ2n) is 5.61. The highest BCUT2D eigenvalue weighted by Gasteiger charge is 2.35. The minimum Gasteiger partial charge on any atom is -0.374 e. The van der Waals surface area contributed by atoms with E-state index in [0.717, 1.165) is 24.1 Å². The summed E-state index contributed by atoms with van der Waals surface area (Å²) >= 11 is 0. The number of carbonyl (C=O) groups is 1. The number of methoxy groups -OCH3 is 1. The molecule has 22 heavy (non-hydrogen) atoms. The predicted molar refractivity (Wildman–Crippen MR) is 86.3 cm³/mol. The van der Waals surface area contributed by atoms with Gasteiger partial charge in [0.2, 0.25) is 5.91 Å². The first kappa shape index (κ1) is 14.8. The summed E-state index contributed by atoms with van der Waals surface area (Å²) in [4.78, 5) is 14.3. The number of amides is 1. The smallest absolute Gasteiger partial charge is 0.223 e. The molecule has 114 valence electrons. The van der Waals surface area contributed by atoms with Gasteiger partial charge in [0, 0.05) is 20.1 Å². The SMILES string of the molecule is CO[C@H](c1ccccc1)[C@@H](c1ccccc1)N1CCCC1=O. The van der Waals surface area contributed by atoms with Gasteiger partial charge in [-0.05, 0) is 17.5 Å². The maximum atomic E-state index is 12.3. The van der Waals surface area contributed by atoms with Gasteiger partial charge in [0.15, 0.2) is 0 Å². The van der Waals surface area contributed by atoms with Crippen LogP contribution >= 0.6 is 0 Å². The highest BCUT2D eigenvalue weighted by Crippen LogP contribution is 2.38. The zero-order valence-corrected chi connectivity index (χ0v) is 12.8. The Kier molecular flexibility index (Phi) is 4.54. The van der Waals surface area contributed by atoms with Crippen molar-refractivity contribution in [2.75, 3.05) is 13.7 Å². The third kappa shape index (κ3) is 2.90. The van der Waals surface area contributed by atoms with Crippen LogP contribution in [0.2, 0.25) is 0 Å². The quantitative estimate of drug-likeness (QED) is 0.841. The van der Waals surface area contributed by atoms with Crippen molar-refractivity contribution in [1.82, 2.24) is 4.90 Å². The molecule has 1 aliphatic heterocycles. The molecule has 3 heteroatoms. The van der Waals surface area contributed by atoms with Gasteiger partial charge < -0.3 is 9.64 Å². The van der Waals surface area contributed by atoms with E-state index in [-0.39, 0.29) is 18.1 Å². The summed E-state index contributed by atoms with van der Waals surface area (Å²) in [7, 11) is 1.72. The third-order valence-corrected chi connectivity index (χ3v) is 4.26. The van der Waals surface area contributed by atoms with Crippen molar-refractivity contribution in [2.45, 2.75) is 25.0 Å². The van der Waals surface area contributed by atoms with Crippen LogP contribution in [-0.2, 0) is 9.53 Å². The topological polar surface area (TPSA) is 29.5 Å². The fourth-order valence-corrected chi connectivity index (χ4v) is 3.22. The first-order valence-corrected chi connectivity index (χ1v) is 7.73. The van der Waals surface area contributed by atoms with E-state index in [1.807, 2.05) is 41.3 Å². The second kappa shape index (κ2) is 6.75. The highest BCUT2D eigenvalue weighted by molar-refractivity contribution is 5.78. The Morgan fingerprint density at radius 3 is 2.05 bits per heavy atom. The van der Waals surface area contributed by atoms with Crippen molar-refractivity contribution in [3.8, 4) is 0 Å². The molecule has 3 rings (SSSR count). The number of ether oxygens (including phenoxy) is 1. The van der Waals surface area contributed by atoms with Crippen molar-refractivity contribution >= 4 is 5.91 Å². The molecule has 1 saturated heterocycles. The zero-order valence-electron chi connectivity index (χ0n) is 12.8. The Morgan fingerprint density at radius 1 is 0.955 bits per heavy atom. The molecular weight excluding hydrogens is 274 g/mol. The molecule has 2 aromatic rings.